The molecule has 0 radical (unpaired) electrons. The molecule has 3 aromatic heterocycles. The first-order valence-corrected chi connectivity index (χ1v) is 16.7. The number of hydrogen-bond donors (Lipinski definition) is 0. The molecule has 0 spiro atoms. The van der Waals surface area contributed by atoms with Crippen molar-refractivity contribution < 1.29 is 14.3 Å². The maximum absolute atomic E-state index is 14.2. The van der Waals surface area contributed by atoms with Gasteiger partial charge in [0.2, 0.25) is 0 Å². The number of rotatable bonds is 8. The summed E-state index contributed by atoms with van der Waals surface area (Å²) in [5, 5.41) is 10.8. The number of thiophene rings is 1. The minimum absolute atomic E-state index is 0.206. The molecular weight excluding hydrogens is 660 g/mol. The van der Waals surface area contributed by atoms with Crippen LogP contribution in [0, 0.1) is 39.0 Å². The summed E-state index contributed by atoms with van der Waals surface area (Å²) in [6.45, 7) is 12.0. The number of benzene rings is 1. The molecule has 11 heteroatoms. The van der Waals surface area contributed by atoms with Crippen LogP contribution in [0.15, 0.2) is 49.8 Å². The molecule has 0 saturated heterocycles. The number of nitrogens with zero attached hydrogens (tertiary/aromatic N) is 4. The molecule has 1 atom stereocenters. The first kappa shape index (κ1) is 31.7. The molecule has 8 nitrogen and oxygen atoms in total. The van der Waals surface area contributed by atoms with E-state index in [1.165, 1.54) is 11.3 Å². The highest BCUT2D eigenvalue weighted by molar-refractivity contribution is 9.10. The fourth-order valence-corrected chi connectivity index (χ4v) is 8.36. The van der Waals surface area contributed by atoms with E-state index in [2.05, 4.69) is 26.6 Å². The van der Waals surface area contributed by atoms with E-state index >= 15 is 0 Å². The number of halogens is 1. The van der Waals surface area contributed by atoms with Gasteiger partial charge in [-0.05, 0) is 97.9 Å². The summed E-state index contributed by atoms with van der Waals surface area (Å²) in [6.07, 6.45) is 3.22. The van der Waals surface area contributed by atoms with Crippen molar-refractivity contribution in [3.8, 4) is 16.8 Å². The van der Waals surface area contributed by atoms with Crippen LogP contribution in [0.5, 0.6) is 5.75 Å². The fourth-order valence-electron chi connectivity index (χ4n) is 5.57. The van der Waals surface area contributed by atoms with Gasteiger partial charge >= 0.3 is 5.97 Å². The highest BCUT2D eigenvalue weighted by Crippen LogP contribution is 2.37. The van der Waals surface area contributed by atoms with E-state index in [1.54, 1.807) is 29.9 Å². The van der Waals surface area contributed by atoms with E-state index < -0.39 is 12.0 Å². The number of aryl methyl sites for hydroxylation is 2. The molecule has 0 amide bonds. The van der Waals surface area contributed by atoms with Gasteiger partial charge in [-0.3, -0.25) is 9.36 Å². The van der Waals surface area contributed by atoms with Gasteiger partial charge in [-0.2, -0.15) is 5.26 Å². The number of esters is 1. The Morgan fingerprint density at radius 3 is 2.57 bits per heavy atom. The second-order valence-corrected chi connectivity index (χ2v) is 13.6. The van der Waals surface area contributed by atoms with Crippen LogP contribution in [0.2, 0.25) is 0 Å². The molecule has 5 rings (SSSR count). The number of hydrogen-bond acceptors (Lipinski definition) is 8. The number of methoxy groups -OCH3 is 1. The Kier molecular flexibility index (Phi) is 9.16. The SMILES string of the molecule is CCCC1=C(C(=O)OCC)[C@H](c2ccc(OC)c(Br)c2)n2c(s/c(=C/c3cc(C)n(-c4sc(C)c(C)c4C#N)c3C)c2=O)=N1. The Balaban J connectivity index is 1.75. The van der Waals surface area contributed by atoms with Crippen LogP contribution in [0.3, 0.4) is 0 Å². The topological polar surface area (TPSA) is 98.6 Å². The number of carbonyl (C=O) groups is 1. The number of nitriles is 1. The van der Waals surface area contributed by atoms with Crippen molar-refractivity contribution in [1.82, 2.24) is 9.13 Å². The van der Waals surface area contributed by atoms with Crippen LogP contribution in [0.1, 0.15) is 71.2 Å². The first-order chi connectivity index (χ1) is 21.1. The van der Waals surface area contributed by atoms with E-state index in [4.69, 9.17) is 14.5 Å². The standard InChI is InChI=1S/C33H33BrN4O4S2/c1-8-10-25-28(32(40)42-9-2)29(21-11-12-26(41-7)24(34)14-21)38-30(39)27(44-33(38)36-25)15-22-13-17(3)37(19(22)5)31-23(16-35)18(4)20(6)43-31/h11-15,29H,8-10H2,1-7H3/b27-15+/t29-/m0/s1. The second kappa shape index (κ2) is 12.7. The van der Waals surface area contributed by atoms with Crippen molar-refractivity contribution in [1.29, 1.82) is 5.26 Å². The van der Waals surface area contributed by atoms with Gasteiger partial charge in [-0.25, -0.2) is 9.79 Å². The molecule has 0 unspecified atom stereocenters. The predicted molar refractivity (Wildman–Crippen MR) is 178 cm³/mol. The Morgan fingerprint density at radius 2 is 1.93 bits per heavy atom. The Hall–Kier alpha value is -3.72. The normalized spacial score (nSPS) is 14.8. The summed E-state index contributed by atoms with van der Waals surface area (Å²) in [4.78, 5) is 34.2. The van der Waals surface area contributed by atoms with E-state index in [1.807, 2.05) is 65.0 Å². The maximum Gasteiger partial charge on any atom is 0.338 e. The molecule has 1 aromatic carbocycles. The average molecular weight is 694 g/mol. The number of fused-ring (bicyclic) bond motifs is 1. The van der Waals surface area contributed by atoms with Crippen LogP contribution in [0.25, 0.3) is 11.1 Å². The van der Waals surface area contributed by atoms with Crippen molar-refractivity contribution in [2.24, 2.45) is 4.99 Å². The van der Waals surface area contributed by atoms with Crippen molar-refractivity contribution in [3.63, 3.8) is 0 Å². The predicted octanol–water partition coefficient (Wildman–Crippen LogP) is 6.31. The van der Waals surface area contributed by atoms with Gasteiger partial charge in [0.05, 0.1) is 45.6 Å². The van der Waals surface area contributed by atoms with Gasteiger partial charge < -0.3 is 14.0 Å². The Bertz CT molecular complexity index is 2060. The van der Waals surface area contributed by atoms with Gasteiger partial charge in [0.15, 0.2) is 4.80 Å². The molecule has 0 N–H and O–H groups in total. The van der Waals surface area contributed by atoms with E-state index in [9.17, 15) is 14.9 Å². The third kappa shape index (κ3) is 5.40. The molecule has 1 aliphatic heterocycles. The summed E-state index contributed by atoms with van der Waals surface area (Å²) < 4.78 is 15.8. The lowest BCUT2D eigenvalue weighted by Gasteiger charge is -2.26. The van der Waals surface area contributed by atoms with Gasteiger partial charge in [0.25, 0.3) is 5.56 Å². The highest BCUT2D eigenvalue weighted by Gasteiger charge is 2.34. The van der Waals surface area contributed by atoms with Crippen LogP contribution in [-0.2, 0) is 9.53 Å². The third-order valence-corrected chi connectivity index (χ3v) is 10.6. The summed E-state index contributed by atoms with van der Waals surface area (Å²) in [6, 6.07) is 9.23. The average Bonchev–Trinajstić information content (AvgIpc) is 3.56. The smallest absolute Gasteiger partial charge is 0.338 e. The fraction of sp³-hybridized carbons (Fsp3) is 0.333. The molecule has 4 aromatic rings. The molecule has 0 bridgehead atoms. The Morgan fingerprint density at radius 1 is 1.18 bits per heavy atom. The third-order valence-electron chi connectivity index (χ3n) is 7.82. The first-order valence-electron chi connectivity index (χ1n) is 14.3. The number of aromatic nitrogens is 2. The molecule has 44 heavy (non-hydrogen) atoms. The van der Waals surface area contributed by atoms with E-state index in [0.717, 1.165) is 44.4 Å². The molecule has 0 fully saturated rings. The lowest BCUT2D eigenvalue weighted by Crippen LogP contribution is -2.40. The Labute approximate surface area is 272 Å². The minimum Gasteiger partial charge on any atom is -0.496 e. The molecule has 4 heterocycles. The lowest BCUT2D eigenvalue weighted by molar-refractivity contribution is -0.139. The van der Waals surface area contributed by atoms with Gasteiger partial charge in [-0.15, -0.1) is 11.3 Å². The van der Waals surface area contributed by atoms with Crippen molar-refractivity contribution in [2.45, 2.75) is 60.4 Å². The monoisotopic (exact) mass is 692 g/mol. The molecule has 228 valence electrons. The van der Waals surface area contributed by atoms with E-state index in [0.29, 0.717) is 42.8 Å². The molecule has 0 aliphatic carbocycles. The van der Waals surface area contributed by atoms with Crippen LogP contribution in [-0.4, -0.2) is 28.8 Å². The number of carbonyl (C=O) groups excluding carboxylic acids is 1. The summed E-state index contributed by atoms with van der Waals surface area (Å²) in [7, 11) is 1.59. The second-order valence-electron chi connectivity index (χ2n) is 10.5. The number of ether oxygens (including phenoxy) is 2. The lowest BCUT2D eigenvalue weighted by atomic mass is 9.94. The van der Waals surface area contributed by atoms with Crippen LogP contribution < -0.4 is 19.6 Å². The van der Waals surface area contributed by atoms with Crippen molar-refractivity contribution in [3.05, 3.63) is 98.2 Å². The highest BCUT2D eigenvalue weighted by atomic mass is 79.9. The zero-order valence-electron chi connectivity index (χ0n) is 25.7. The van der Waals surface area contributed by atoms with Crippen LogP contribution >= 0.6 is 38.6 Å². The largest absolute Gasteiger partial charge is 0.496 e. The van der Waals surface area contributed by atoms with Crippen molar-refractivity contribution in [2.75, 3.05) is 13.7 Å². The maximum atomic E-state index is 14.2. The van der Waals surface area contributed by atoms with Gasteiger partial charge in [0, 0.05) is 16.3 Å². The molecule has 1 aliphatic rings. The number of allylic oxidation sites excluding steroid dienone is 1. The minimum atomic E-state index is -0.723. The zero-order valence-corrected chi connectivity index (χ0v) is 28.9. The quantitative estimate of drug-likeness (QED) is 0.202. The zero-order chi connectivity index (χ0) is 31.9. The molecule has 0 saturated carbocycles. The van der Waals surface area contributed by atoms with Crippen molar-refractivity contribution >= 4 is 50.6 Å². The van der Waals surface area contributed by atoms with Gasteiger partial charge in [-0.1, -0.05) is 30.7 Å². The summed E-state index contributed by atoms with van der Waals surface area (Å²) in [5.41, 5.74) is 5.92. The number of thiazole rings is 1. The molecular formula is C33H33BrN4O4S2. The summed E-state index contributed by atoms with van der Waals surface area (Å²) in [5.74, 6) is 0.159. The van der Waals surface area contributed by atoms with E-state index in [-0.39, 0.29) is 12.2 Å². The van der Waals surface area contributed by atoms with Gasteiger partial charge in [0.1, 0.15) is 16.8 Å². The summed E-state index contributed by atoms with van der Waals surface area (Å²) >= 11 is 6.47. The van der Waals surface area contributed by atoms with Crippen LogP contribution in [0.4, 0.5) is 0 Å².